The van der Waals surface area contributed by atoms with Crippen molar-refractivity contribution >= 4 is 23.4 Å². The number of hydrogen-bond acceptors (Lipinski definition) is 5. The van der Waals surface area contributed by atoms with Crippen LogP contribution in [0.5, 0.6) is 0 Å². The zero-order valence-corrected chi connectivity index (χ0v) is 20.5. The second kappa shape index (κ2) is 10.3. The van der Waals surface area contributed by atoms with Crippen LogP contribution >= 0.6 is 0 Å². The lowest BCUT2D eigenvalue weighted by atomic mass is 9.91. The summed E-state index contributed by atoms with van der Waals surface area (Å²) in [7, 11) is 0. The predicted molar refractivity (Wildman–Crippen MR) is 133 cm³/mol. The van der Waals surface area contributed by atoms with Gasteiger partial charge in [0.05, 0.1) is 36.2 Å². The second-order valence-corrected chi connectivity index (χ2v) is 9.70. The van der Waals surface area contributed by atoms with Crippen molar-refractivity contribution in [3.8, 4) is 11.3 Å². The summed E-state index contributed by atoms with van der Waals surface area (Å²) in [6.45, 7) is 2.58. The van der Waals surface area contributed by atoms with Crippen LogP contribution in [0.4, 0.5) is 19.3 Å². The van der Waals surface area contributed by atoms with Gasteiger partial charge in [-0.05, 0) is 62.4 Å². The van der Waals surface area contributed by atoms with E-state index >= 15 is 8.78 Å². The third-order valence-corrected chi connectivity index (χ3v) is 7.09. The van der Waals surface area contributed by atoms with E-state index in [1.165, 1.54) is 17.0 Å². The first-order valence-electron chi connectivity index (χ1n) is 12.4. The number of fused-ring (bicyclic) bond motifs is 1. The van der Waals surface area contributed by atoms with Gasteiger partial charge in [0.2, 0.25) is 0 Å². The lowest BCUT2D eigenvalue weighted by molar-refractivity contribution is -0.0214. The Balaban J connectivity index is 1.48. The molecule has 1 amide bonds. The standard InChI is InChI=1S/C27H28F2N4O4/c1-16-6-7-33-23(13-20-14-32(27(35)36)8-9-37-20)26(31-24(33)10-16)25-21(28)11-19(12-22(25)29)30-18-4-2-17(15-34)3-5-18/h6-7,10-12,18,20,30H,2-5,8-9,13-14H2,1H3,(H,35,36)/t20-/m0/s1. The average Bonchev–Trinajstić information content (AvgIpc) is 3.20. The molecule has 1 atom stereocenters. The number of amides is 1. The highest BCUT2D eigenvalue weighted by Gasteiger charge is 2.29. The molecule has 2 aliphatic rings. The largest absolute Gasteiger partial charge is 0.465 e. The van der Waals surface area contributed by atoms with E-state index in [1.54, 1.807) is 10.6 Å². The molecule has 2 fully saturated rings. The third kappa shape index (κ3) is 5.21. The fraction of sp³-hybridized carbons (Fsp3) is 0.407. The van der Waals surface area contributed by atoms with Crippen LogP contribution in [0.1, 0.15) is 36.9 Å². The van der Waals surface area contributed by atoms with Gasteiger partial charge in [-0.2, -0.15) is 0 Å². The molecule has 194 valence electrons. The maximum atomic E-state index is 15.5. The maximum absolute atomic E-state index is 15.5. The van der Waals surface area contributed by atoms with Crippen molar-refractivity contribution in [3.05, 3.63) is 58.9 Å². The van der Waals surface area contributed by atoms with Gasteiger partial charge in [-0.3, -0.25) is 0 Å². The maximum Gasteiger partial charge on any atom is 0.407 e. The van der Waals surface area contributed by atoms with Crippen molar-refractivity contribution in [2.24, 2.45) is 0 Å². The Labute approximate surface area is 212 Å². The number of aromatic nitrogens is 2. The number of pyridine rings is 1. The SMILES string of the molecule is Cc1ccn2c(C[C@H]3CN(C(=O)O)CCO3)c(-c3c(F)cc(NC4CCC(=C=O)CC4)cc3F)nc2c1. The van der Waals surface area contributed by atoms with Crippen molar-refractivity contribution in [3.63, 3.8) is 0 Å². The average molecular weight is 511 g/mol. The van der Waals surface area contributed by atoms with Gasteiger partial charge in [-0.25, -0.2) is 23.4 Å². The predicted octanol–water partition coefficient (Wildman–Crippen LogP) is 4.62. The number of halogens is 2. The number of imidazole rings is 1. The molecule has 0 radical (unpaired) electrons. The van der Waals surface area contributed by atoms with Gasteiger partial charge in [-0.15, -0.1) is 0 Å². The molecule has 0 unspecified atom stereocenters. The van der Waals surface area contributed by atoms with E-state index in [0.717, 1.165) is 11.1 Å². The van der Waals surface area contributed by atoms with Gasteiger partial charge in [0.1, 0.15) is 23.2 Å². The number of carbonyl (C=O) groups is 1. The molecule has 3 heterocycles. The fourth-order valence-electron chi connectivity index (χ4n) is 5.16. The first-order valence-corrected chi connectivity index (χ1v) is 12.4. The number of aryl methyl sites for hydroxylation is 1. The van der Waals surface area contributed by atoms with Crippen LogP contribution in [-0.2, 0) is 16.0 Å². The van der Waals surface area contributed by atoms with E-state index in [-0.39, 0.29) is 43.4 Å². The van der Waals surface area contributed by atoms with Gasteiger partial charge in [0, 0.05) is 36.5 Å². The molecule has 1 aliphatic carbocycles. The van der Waals surface area contributed by atoms with E-state index in [9.17, 15) is 14.7 Å². The number of nitrogens with zero attached hydrogens (tertiary/aromatic N) is 3. The van der Waals surface area contributed by atoms with Crippen molar-refractivity contribution in [2.75, 3.05) is 25.0 Å². The van der Waals surface area contributed by atoms with E-state index in [1.807, 2.05) is 25.0 Å². The highest BCUT2D eigenvalue weighted by atomic mass is 19.1. The Hall–Kier alpha value is -3.75. The second-order valence-electron chi connectivity index (χ2n) is 9.70. The lowest BCUT2D eigenvalue weighted by Gasteiger charge is -2.31. The number of carboxylic acid groups (broad SMARTS) is 1. The van der Waals surface area contributed by atoms with Gasteiger partial charge < -0.3 is 24.5 Å². The first kappa shape index (κ1) is 24.9. The smallest absolute Gasteiger partial charge is 0.407 e. The van der Waals surface area contributed by atoms with Crippen molar-refractivity contribution in [1.29, 1.82) is 0 Å². The van der Waals surface area contributed by atoms with Crippen molar-refractivity contribution < 1.29 is 28.2 Å². The third-order valence-electron chi connectivity index (χ3n) is 7.09. The summed E-state index contributed by atoms with van der Waals surface area (Å²) in [5.74, 6) is 0.467. The van der Waals surface area contributed by atoms with E-state index in [2.05, 4.69) is 10.3 Å². The molecule has 1 saturated carbocycles. The van der Waals surface area contributed by atoms with Crippen LogP contribution < -0.4 is 5.32 Å². The number of benzene rings is 1. The molecular formula is C27H28F2N4O4. The molecule has 1 aromatic carbocycles. The quantitative estimate of drug-likeness (QED) is 0.487. The molecule has 37 heavy (non-hydrogen) atoms. The van der Waals surface area contributed by atoms with Gasteiger partial charge in [0.15, 0.2) is 0 Å². The van der Waals surface area contributed by atoms with Crippen molar-refractivity contribution in [2.45, 2.75) is 51.2 Å². The van der Waals surface area contributed by atoms with Crippen LogP contribution in [0.25, 0.3) is 16.9 Å². The minimum absolute atomic E-state index is 0.0103. The number of hydrogen-bond donors (Lipinski definition) is 2. The number of carbonyl (C=O) groups excluding carboxylic acids is 1. The summed E-state index contributed by atoms with van der Waals surface area (Å²) in [4.78, 5) is 28.2. The Morgan fingerprint density at radius 3 is 2.65 bits per heavy atom. The molecule has 1 saturated heterocycles. The highest BCUT2D eigenvalue weighted by Crippen LogP contribution is 2.34. The van der Waals surface area contributed by atoms with E-state index in [0.29, 0.717) is 42.7 Å². The minimum atomic E-state index is -1.03. The summed E-state index contributed by atoms with van der Waals surface area (Å²) in [6.07, 6.45) is 3.16. The lowest BCUT2D eigenvalue weighted by Crippen LogP contribution is -2.45. The highest BCUT2D eigenvalue weighted by molar-refractivity contribution is 5.70. The molecule has 2 aromatic heterocycles. The normalized spacial score (nSPS) is 20.2. The number of allylic oxidation sites excluding steroid dienone is 1. The first-order chi connectivity index (χ1) is 17.8. The van der Waals surface area contributed by atoms with Gasteiger partial charge >= 0.3 is 6.09 Å². The number of rotatable bonds is 5. The van der Waals surface area contributed by atoms with Gasteiger partial charge in [-0.1, -0.05) is 0 Å². The molecule has 0 spiro atoms. The van der Waals surface area contributed by atoms with Crippen LogP contribution in [0.2, 0.25) is 0 Å². The zero-order valence-electron chi connectivity index (χ0n) is 20.5. The Kier molecular flexibility index (Phi) is 6.95. The molecule has 2 N–H and O–H groups in total. The number of morpholine rings is 1. The van der Waals surface area contributed by atoms with E-state index in [4.69, 9.17) is 4.74 Å². The van der Waals surface area contributed by atoms with Gasteiger partial charge in [0.25, 0.3) is 0 Å². The van der Waals surface area contributed by atoms with Crippen molar-refractivity contribution in [1.82, 2.24) is 14.3 Å². The van der Waals surface area contributed by atoms with Crippen LogP contribution in [-0.4, -0.2) is 63.3 Å². The molecule has 3 aromatic rings. The fourth-order valence-corrected chi connectivity index (χ4v) is 5.16. The Morgan fingerprint density at radius 1 is 1.24 bits per heavy atom. The van der Waals surface area contributed by atoms with Crippen LogP contribution in [0.3, 0.4) is 0 Å². The van der Waals surface area contributed by atoms with E-state index < -0.39 is 23.8 Å². The summed E-state index contributed by atoms with van der Waals surface area (Å²) < 4.78 is 38.6. The Morgan fingerprint density at radius 2 is 1.97 bits per heavy atom. The molecule has 0 bridgehead atoms. The number of ether oxygens (including phenoxy) is 1. The van der Waals surface area contributed by atoms with Crippen LogP contribution in [0.15, 0.2) is 36.0 Å². The molecule has 1 aliphatic heterocycles. The number of nitrogens with one attached hydrogen (secondary N) is 1. The monoisotopic (exact) mass is 510 g/mol. The summed E-state index contributed by atoms with van der Waals surface area (Å²) in [5, 5.41) is 12.6. The summed E-state index contributed by atoms with van der Waals surface area (Å²) in [6, 6.07) is 6.26. The van der Waals surface area contributed by atoms with Crippen LogP contribution in [0, 0.1) is 18.6 Å². The zero-order chi connectivity index (χ0) is 26.1. The molecule has 8 nitrogen and oxygen atoms in total. The minimum Gasteiger partial charge on any atom is -0.465 e. The topological polar surface area (TPSA) is 96.2 Å². The summed E-state index contributed by atoms with van der Waals surface area (Å²) in [5.41, 5.74) is 3.04. The molecular weight excluding hydrogens is 482 g/mol. The molecule has 5 rings (SSSR count). The number of anilines is 1. The molecule has 10 heteroatoms. The summed E-state index contributed by atoms with van der Waals surface area (Å²) >= 11 is 0. The Bertz CT molecular complexity index is 1370.